The van der Waals surface area contributed by atoms with Crippen LogP contribution < -0.4 is 21.3 Å². The molecule has 3 aliphatic heterocycles. The number of hydrogen-bond donors (Lipinski definition) is 13. The van der Waals surface area contributed by atoms with Crippen LogP contribution in [0.25, 0.3) is 0 Å². The SMILES string of the molecule is CC(C)CCC[C@@H](C)C1CCC2C3CC=C4C[C@@H](OC(=O)CCCOCCOCCC(=O)NC(CCCCNC(=O)CCCCOC5OC(CO)C(O)C(O)C5C)C(=O)N(CCNC(=O)CCCCOC5OC(CO)C(O)C(O)C5C)CCNC(=O)CCCCOC5OC(CO)C(O)C(O)C5C)CC[C@]4(C)C3CC[C@@]21C. The summed E-state index contributed by atoms with van der Waals surface area (Å²) in [7, 11) is 0. The fourth-order valence-electron chi connectivity index (χ4n) is 18.5. The van der Waals surface area contributed by atoms with Crippen LogP contribution in [0.2, 0.25) is 0 Å². The predicted octanol–water partition coefficient (Wildman–Crippen LogP) is 4.76. The van der Waals surface area contributed by atoms with Gasteiger partial charge in [-0.25, -0.2) is 0 Å². The van der Waals surface area contributed by atoms with E-state index in [1.165, 1.54) is 55.4 Å². The number of aliphatic hydroxyl groups is 9. The maximum Gasteiger partial charge on any atom is 0.306 e. The number of amides is 5. The van der Waals surface area contributed by atoms with Crippen molar-refractivity contribution in [1.82, 2.24) is 26.2 Å². The summed E-state index contributed by atoms with van der Waals surface area (Å²) in [5.41, 5.74) is 2.10. The number of nitrogens with zero attached hydrogens (tertiary/aromatic N) is 1. The van der Waals surface area contributed by atoms with E-state index in [0.29, 0.717) is 75.7 Å². The zero-order valence-electron chi connectivity index (χ0n) is 67.9. The summed E-state index contributed by atoms with van der Waals surface area (Å²) in [6.45, 7) is 17.4. The number of hydrogen-bond acceptors (Lipinski definition) is 24. The molecule has 4 aliphatic carbocycles. The lowest BCUT2D eigenvalue weighted by atomic mass is 9.47. The maximum absolute atomic E-state index is 14.8. The van der Waals surface area contributed by atoms with Gasteiger partial charge in [0, 0.05) is 115 Å². The molecule has 5 amide bonds. The van der Waals surface area contributed by atoms with Gasteiger partial charge < -0.3 is 115 Å². The smallest absolute Gasteiger partial charge is 0.306 e. The van der Waals surface area contributed by atoms with Crippen molar-refractivity contribution in [2.24, 2.45) is 64.1 Å². The number of fused-ring (bicyclic) bond motifs is 5. The Morgan fingerprint density at radius 1 is 0.514 bits per heavy atom. The first kappa shape index (κ1) is 94.0. The van der Waals surface area contributed by atoms with Gasteiger partial charge in [0.05, 0.1) is 58.0 Å². The van der Waals surface area contributed by atoms with Crippen LogP contribution in [-0.2, 0) is 71.4 Å². The number of nitrogens with one attached hydrogen (secondary N) is 4. The molecule has 20 unspecified atom stereocenters. The van der Waals surface area contributed by atoms with Crippen LogP contribution in [0.5, 0.6) is 0 Å². The van der Waals surface area contributed by atoms with E-state index in [1.807, 2.05) is 0 Å². The summed E-state index contributed by atoms with van der Waals surface area (Å²) in [5.74, 6) is 0.912. The van der Waals surface area contributed by atoms with Gasteiger partial charge >= 0.3 is 5.97 Å². The molecular weight excluding hydrogens is 1440 g/mol. The molecule has 0 bridgehead atoms. The second-order valence-electron chi connectivity index (χ2n) is 33.9. The van der Waals surface area contributed by atoms with Gasteiger partial charge in [-0.15, -0.1) is 0 Å². The molecule has 7 aliphatic rings. The quantitative estimate of drug-likeness (QED) is 0.0222. The fourth-order valence-corrected chi connectivity index (χ4v) is 18.5. The number of allylic oxidation sites excluding steroid dienone is 1. The fraction of sp³-hybridized carbons (Fsp3) is 0.902. The minimum absolute atomic E-state index is 0.000615. The van der Waals surface area contributed by atoms with Crippen LogP contribution in [0.15, 0.2) is 11.6 Å². The number of unbranched alkanes of at least 4 members (excludes halogenated alkanes) is 4. The van der Waals surface area contributed by atoms with E-state index < -0.39 is 129 Å². The third-order valence-corrected chi connectivity index (χ3v) is 25.5. The van der Waals surface area contributed by atoms with Crippen LogP contribution in [0.3, 0.4) is 0 Å². The molecule has 0 aromatic rings. The van der Waals surface area contributed by atoms with Crippen LogP contribution in [-0.4, -0.2) is 271 Å². The van der Waals surface area contributed by atoms with Gasteiger partial charge in [0.2, 0.25) is 29.5 Å². The number of carbonyl (C=O) groups is 6. The Morgan fingerprint density at radius 2 is 1.02 bits per heavy atom. The Labute approximate surface area is 659 Å². The molecule has 111 heavy (non-hydrogen) atoms. The summed E-state index contributed by atoms with van der Waals surface area (Å²) in [5, 5.41) is 102. The van der Waals surface area contributed by atoms with E-state index >= 15 is 0 Å². The number of ether oxygens (including phenoxy) is 9. The minimum atomic E-state index is -1.27. The number of rotatable bonds is 50. The first-order valence-electron chi connectivity index (χ1n) is 42.3. The lowest BCUT2D eigenvalue weighted by Gasteiger charge is -2.58. The van der Waals surface area contributed by atoms with Crippen molar-refractivity contribution in [2.75, 3.05) is 98.8 Å². The molecule has 24 atom stereocenters. The largest absolute Gasteiger partial charge is 0.462 e. The molecule has 3 heterocycles. The number of esters is 1. The molecule has 640 valence electrons. The normalized spacial score (nSPS) is 33.2. The molecule has 6 fully saturated rings. The summed E-state index contributed by atoms with van der Waals surface area (Å²) < 4.78 is 52.1. The average Bonchev–Trinajstić information content (AvgIpc) is 1.65. The first-order valence-corrected chi connectivity index (χ1v) is 42.3. The minimum Gasteiger partial charge on any atom is -0.462 e. The Bertz CT molecular complexity index is 2740. The van der Waals surface area contributed by atoms with E-state index in [0.717, 1.165) is 55.3 Å². The molecule has 29 heteroatoms. The summed E-state index contributed by atoms with van der Waals surface area (Å²) in [4.78, 5) is 82.6. The van der Waals surface area contributed by atoms with Gasteiger partial charge in [-0.2, -0.15) is 0 Å². The molecule has 0 aromatic heterocycles. The molecule has 3 saturated heterocycles. The molecule has 0 aromatic carbocycles. The standard InChI is InChI=1S/C82H143N5O24/c1-51(2)19-17-20-52(3)59-28-29-60-58-27-26-56-47-57(30-33-81(56,7)61(58)31-34-82(59,60)8)108-70(95)25-18-40-103-45-46-104-44-32-69(94)86-62(21-9-13-35-83-66(91)22-10-14-41-105-78-53(4)71(96)74(99)63(48-88)109-78)77(102)87(38-36-84-67(92)23-11-15-42-106-79-54(5)72(97)75(100)64(49-89)110-79)39-37-85-68(93)24-12-16-43-107-80-55(6)73(98)76(101)65(50-90)111-80/h26,51-55,57-65,71-76,78-80,88-90,96-101H,9-25,27-50H2,1-8H3,(H,83,91)(H,84,92)(H,85,93)(H,86,94)/t52-,53?,54?,55?,57+,58?,59?,60?,61?,62?,63?,64?,65?,71?,72?,73?,74?,75?,76?,78?,79?,80?,81+,82-/m1/s1. The first-order chi connectivity index (χ1) is 53.1. The predicted molar refractivity (Wildman–Crippen MR) is 410 cm³/mol. The van der Waals surface area contributed by atoms with Crippen LogP contribution >= 0.6 is 0 Å². The van der Waals surface area contributed by atoms with Crippen molar-refractivity contribution < 1.29 is 117 Å². The molecule has 3 saturated carbocycles. The highest BCUT2D eigenvalue weighted by Crippen LogP contribution is 2.67. The van der Waals surface area contributed by atoms with Gasteiger partial charge in [0.1, 0.15) is 48.8 Å². The topological polar surface area (TPSA) is 419 Å². The van der Waals surface area contributed by atoms with E-state index in [9.17, 15) is 74.7 Å². The lowest BCUT2D eigenvalue weighted by Crippen LogP contribution is -2.55. The zero-order chi connectivity index (χ0) is 80.8. The van der Waals surface area contributed by atoms with Crippen LogP contribution in [0, 0.1) is 64.1 Å². The number of aliphatic hydroxyl groups excluding tert-OH is 9. The Morgan fingerprint density at radius 3 is 1.52 bits per heavy atom. The Hall–Kier alpha value is -4.12. The van der Waals surface area contributed by atoms with Crippen molar-refractivity contribution in [3.63, 3.8) is 0 Å². The monoisotopic (exact) mass is 1580 g/mol. The van der Waals surface area contributed by atoms with E-state index in [-0.39, 0.29) is 146 Å². The van der Waals surface area contributed by atoms with Gasteiger partial charge in [-0.05, 0) is 155 Å². The molecule has 13 N–H and O–H groups in total. The molecular formula is C82H143N5O24. The molecule has 0 spiro atoms. The van der Waals surface area contributed by atoms with Crippen molar-refractivity contribution >= 4 is 35.5 Å². The Kier molecular flexibility index (Phi) is 40.6. The van der Waals surface area contributed by atoms with Crippen molar-refractivity contribution in [3.8, 4) is 0 Å². The van der Waals surface area contributed by atoms with Crippen LogP contribution in [0.4, 0.5) is 0 Å². The van der Waals surface area contributed by atoms with Gasteiger partial charge in [0.25, 0.3) is 0 Å². The third-order valence-electron chi connectivity index (χ3n) is 25.5. The highest BCUT2D eigenvalue weighted by atomic mass is 16.7. The lowest BCUT2D eigenvalue weighted by molar-refractivity contribution is -0.282. The van der Waals surface area contributed by atoms with Crippen molar-refractivity contribution in [3.05, 3.63) is 11.6 Å². The summed E-state index contributed by atoms with van der Waals surface area (Å²) >= 11 is 0. The van der Waals surface area contributed by atoms with Gasteiger partial charge in [0.15, 0.2) is 18.9 Å². The van der Waals surface area contributed by atoms with Crippen LogP contribution in [0.1, 0.15) is 222 Å². The second kappa shape index (κ2) is 47.9. The van der Waals surface area contributed by atoms with Crippen molar-refractivity contribution in [2.45, 2.75) is 308 Å². The molecule has 29 nitrogen and oxygen atoms in total. The summed E-state index contributed by atoms with van der Waals surface area (Å²) in [6, 6.07) is -1.06. The second-order valence-corrected chi connectivity index (χ2v) is 33.9. The maximum atomic E-state index is 14.8. The average molecular weight is 1580 g/mol. The van der Waals surface area contributed by atoms with Gasteiger partial charge in [-0.1, -0.05) is 86.3 Å². The van der Waals surface area contributed by atoms with Crippen molar-refractivity contribution in [1.29, 1.82) is 0 Å². The number of carbonyl (C=O) groups excluding carboxylic acids is 6. The molecule has 0 radical (unpaired) electrons. The van der Waals surface area contributed by atoms with E-state index in [4.69, 9.17) is 42.6 Å². The summed E-state index contributed by atoms with van der Waals surface area (Å²) in [6.07, 6.45) is 7.52. The van der Waals surface area contributed by atoms with Gasteiger partial charge in [-0.3, -0.25) is 28.8 Å². The molecule has 7 rings (SSSR count). The highest BCUT2D eigenvalue weighted by Gasteiger charge is 2.59. The highest BCUT2D eigenvalue weighted by molar-refractivity contribution is 5.88. The Balaban J connectivity index is 0.863. The third kappa shape index (κ3) is 28.0. The van der Waals surface area contributed by atoms with E-state index in [1.54, 1.807) is 20.8 Å². The van der Waals surface area contributed by atoms with E-state index in [2.05, 4.69) is 62.0 Å². The zero-order valence-corrected chi connectivity index (χ0v) is 67.9.